The molecule has 142 valence electrons. The van der Waals surface area contributed by atoms with Gasteiger partial charge in [0.2, 0.25) is 5.95 Å². The van der Waals surface area contributed by atoms with Crippen molar-refractivity contribution < 1.29 is 9.53 Å². The predicted octanol–water partition coefficient (Wildman–Crippen LogP) is 1.87. The molecule has 1 spiro atoms. The first-order valence-electron chi connectivity index (χ1n) is 9.49. The number of anilines is 1. The Morgan fingerprint density at radius 2 is 2.04 bits per heavy atom. The standard InChI is InChI=1S/C20H25N5O2/c21-18-23-14-16-7-13-27-20(17(16)24-18)8-11-25(12-9-20)19(26)22-10-6-15-4-2-1-3-5-15/h1-5,14H,6-13H2,(H,22,26)(H2,21,23,24). The van der Waals surface area contributed by atoms with Crippen LogP contribution in [0.4, 0.5) is 10.7 Å². The van der Waals surface area contributed by atoms with Gasteiger partial charge in [0.15, 0.2) is 0 Å². The Labute approximate surface area is 158 Å². The second-order valence-corrected chi connectivity index (χ2v) is 7.15. The fourth-order valence-corrected chi connectivity index (χ4v) is 3.94. The van der Waals surface area contributed by atoms with Gasteiger partial charge < -0.3 is 20.7 Å². The first-order chi connectivity index (χ1) is 13.2. The number of aromatic nitrogens is 2. The lowest BCUT2D eigenvalue weighted by Crippen LogP contribution is -2.51. The number of fused-ring (bicyclic) bond motifs is 2. The van der Waals surface area contributed by atoms with Gasteiger partial charge in [0, 0.05) is 25.8 Å². The fourth-order valence-electron chi connectivity index (χ4n) is 3.94. The maximum absolute atomic E-state index is 12.5. The van der Waals surface area contributed by atoms with Crippen LogP contribution in [0, 0.1) is 0 Å². The van der Waals surface area contributed by atoms with Crippen molar-refractivity contribution in [1.29, 1.82) is 0 Å². The largest absolute Gasteiger partial charge is 0.368 e. The molecule has 0 unspecified atom stereocenters. The molecule has 0 saturated carbocycles. The van der Waals surface area contributed by atoms with Gasteiger partial charge in [-0.2, -0.15) is 0 Å². The summed E-state index contributed by atoms with van der Waals surface area (Å²) < 4.78 is 6.15. The van der Waals surface area contributed by atoms with Crippen LogP contribution in [-0.2, 0) is 23.2 Å². The van der Waals surface area contributed by atoms with Crippen molar-refractivity contribution in [1.82, 2.24) is 20.2 Å². The summed E-state index contributed by atoms with van der Waals surface area (Å²) in [4.78, 5) is 22.9. The lowest BCUT2D eigenvalue weighted by Gasteiger charge is -2.43. The number of amides is 2. The van der Waals surface area contributed by atoms with Gasteiger partial charge in [-0.15, -0.1) is 0 Å². The number of nitrogen functional groups attached to an aromatic ring is 1. The second-order valence-electron chi connectivity index (χ2n) is 7.15. The molecule has 2 amide bonds. The molecular weight excluding hydrogens is 342 g/mol. The molecule has 3 N–H and O–H groups in total. The Bertz CT molecular complexity index is 803. The van der Waals surface area contributed by atoms with Crippen molar-refractivity contribution in [2.24, 2.45) is 0 Å². The smallest absolute Gasteiger partial charge is 0.317 e. The summed E-state index contributed by atoms with van der Waals surface area (Å²) in [5.74, 6) is 0.278. The molecule has 1 aromatic heterocycles. The number of rotatable bonds is 3. The highest BCUT2D eigenvalue weighted by molar-refractivity contribution is 5.74. The Kier molecular flexibility index (Phi) is 4.94. The van der Waals surface area contributed by atoms with E-state index in [-0.39, 0.29) is 12.0 Å². The summed E-state index contributed by atoms with van der Waals surface area (Å²) in [6, 6.07) is 10.2. The SMILES string of the molecule is Nc1ncc2c(n1)C1(CCN(C(=O)NCCc3ccccc3)CC1)OCC2. The number of benzene rings is 1. The van der Waals surface area contributed by atoms with Gasteiger partial charge in [-0.1, -0.05) is 30.3 Å². The summed E-state index contributed by atoms with van der Waals surface area (Å²) in [7, 11) is 0. The van der Waals surface area contributed by atoms with Crippen LogP contribution in [-0.4, -0.2) is 47.1 Å². The van der Waals surface area contributed by atoms with Crippen LogP contribution in [0.5, 0.6) is 0 Å². The van der Waals surface area contributed by atoms with Gasteiger partial charge in [0.25, 0.3) is 0 Å². The van der Waals surface area contributed by atoms with E-state index < -0.39 is 5.60 Å². The highest BCUT2D eigenvalue weighted by Crippen LogP contribution is 2.40. The van der Waals surface area contributed by atoms with Gasteiger partial charge >= 0.3 is 6.03 Å². The van der Waals surface area contributed by atoms with Crippen molar-refractivity contribution in [3.8, 4) is 0 Å². The molecule has 7 nitrogen and oxygen atoms in total. The monoisotopic (exact) mass is 367 g/mol. The number of hydrogen-bond donors (Lipinski definition) is 2. The highest BCUT2D eigenvalue weighted by Gasteiger charge is 2.43. The van der Waals surface area contributed by atoms with E-state index in [1.165, 1.54) is 5.56 Å². The summed E-state index contributed by atoms with van der Waals surface area (Å²) in [6.07, 6.45) is 4.90. The normalized spacial score (nSPS) is 18.1. The predicted molar refractivity (Wildman–Crippen MR) is 102 cm³/mol. The molecular formula is C20H25N5O2. The molecule has 0 radical (unpaired) electrons. The lowest BCUT2D eigenvalue weighted by atomic mass is 9.83. The molecule has 1 fully saturated rings. The summed E-state index contributed by atoms with van der Waals surface area (Å²) >= 11 is 0. The van der Waals surface area contributed by atoms with Crippen molar-refractivity contribution >= 4 is 12.0 Å². The molecule has 2 aliphatic heterocycles. The van der Waals surface area contributed by atoms with Crippen molar-refractivity contribution in [2.75, 3.05) is 32.0 Å². The Morgan fingerprint density at radius 1 is 1.26 bits per heavy atom. The van der Waals surface area contributed by atoms with Gasteiger partial charge in [-0.05, 0) is 36.8 Å². The first kappa shape index (κ1) is 17.7. The maximum Gasteiger partial charge on any atom is 0.317 e. The average molecular weight is 367 g/mol. The number of ether oxygens (including phenoxy) is 1. The van der Waals surface area contributed by atoms with Gasteiger partial charge in [0.1, 0.15) is 5.60 Å². The quantitative estimate of drug-likeness (QED) is 0.864. The van der Waals surface area contributed by atoms with Crippen LogP contribution in [0.3, 0.4) is 0 Å². The molecule has 27 heavy (non-hydrogen) atoms. The zero-order valence-electron chi connectivity index (χ0n) is 15.4. The van der Waals surface area contributed by atoms with Gasteiger partial charge in [0.05, 0.1) is 12.3 Å². The molecule has 1 saturated heterocycles. The molecule has 4 rings (SSSR count). The summed E-state index contributed by atoms with van der Waals surface area (Å²) in [5.41, 5.74) is 8.60. The number of carbonyl (C=O) groups is 1. The number of nitrogens with zero attached hydrogens (tertiary/aromatic N) is 3. The van der Waals surface area contributed by atoms with Crippen LogP contribution < -0.4 is 11.1 Å². The minimum Gasteiger partial charge on any atom is -0.368 e. The lowest BCUT2D eigenvalue weighted by molar-refractivity contribution is -0.0957. The van der Waals surface area contributed by atoms with Crippen LogP contribution in [0.1, 0.15) is 29.7 Å². The topological polar surface area (TPSA) is 93.4 Å². The Balaban J connectivity index is 1.34. The highest BCUT2D eigenvalue weighted by atomic mass is 16.5. The second kappa shape index (κ2) is 7.52. The first-order valence-corrected chi connectivity index (χ1v) is 9.49. The number of piperidine rings is 1. The minimum atomic E-state index is -0.439. The van der Waals surface area contributed by atoms with E-state index in [4.69, 9.17) is 10.5 Å². The molecule has 1 aromatic carbocycles. The third-order valence-electron chi connectivity index (χ3n) is 5.46. The van der Waals surface area contributed by atoms with Gasteiger partial charge in [-0.25, -0.2) is 14.8 Å². The van der Waals surface area contributed by atoms with E-state index in [1.807, 2.05) is 29.3 Å². The number of hydrogen-bond acceptors (Lipinski definition) is 5. The zero-order valence-corrected chi connectivity index (χ0v) is 15.4. The van der Waals surface area contributed by atoms with Crippen LogP contribution >= 0.6 is 0 Å². The number of nitrogens with two attached hydrogens (primary N) is 1. The minimum absolute atomic E-state index is 0.0148. The van der Waals surface area contributed by atoms with Crippen molar-refractivity contribution in [3.63, 3.8) is 0 Å². The molecule has 0 atom stereocenters. The molecule has 0 bridgehead atoms. The third-order valence-corrected chi connectivity index (χ3v) is 5.46. The maximum atomic E-state index is 12.5. The number of urea groups is 1. The van der Waals surface area contributed by atoms with E-state index in [1.54, 1.807) is 0 Å². The third kappa shape index (κ3) is 3.73. The van der Waals surface area contributed by atoms with Crippen LogP contribution in [0.2, 0.25) is 0 Å². The van der Waals surface area contributed by atoms with E-state index in [0.29, 0.717) is 26.2 Å². The number of likely N-dealkylation sites (tertiary alicyclic amines) is 1. The molecule has 2 aliphatic rings. The average Bonchev–Trinajstić information content (AvgIpc) is 2.70. The van der Waals surface area contributed by atoms with E-state index in [0.717, 1.165) is 36.9 Å². The number of carbonyl (C=O) groups excluding carboxylic acids is 1. The van der Waals surface area contributed by atoms with Crippen LogP contribution in [0.25, 0.3) is 0 Å². The molecule has 3 heterocycles. The molecule has 7 heteroatoms. The zero-order chi connectivity index (χ0) is 18.7. The Morgan fingerprint density at radius 3 is 2.81 bits per heavy atom. The number of nitrogens with one attached hydrogen (secondary N) is 1. The van der Waals surface area contributed by atoms with Gasteiger partial charge in [-0.3, -0.25) is 0 Å². The van der Waals surface area contributed by atoms with E-state index in [2.05, 4.69) is 27.4 Å². The molecule has 2 aromatic rings. The van der Waals surface area contributed by atoms with Crippen LogP contribution in [0.15, 0.2) is 36.5 Å². The Hall–Kier alpha value is -2.67. The summed E-state index contributed by atoms with van der Waals surface area (Å²) in [5, 5.41) is 3.02. The fraction of sp³-hybridized carbons (Fsp3) is 0.450. The van der Waals surface area contributed by atoms with Crippen molar-refractivity contribution in [2.45, 2.75) is 31.3 Å². The van der Waals surface area contributed by atoms with E-state index in [9.17, 15) is 4.79 Å². The summed E-state index contributed by atoms with van der Waals surface area (Å²) in [6.45, 7) is 2.57. The van der Waals surface area contributed by atoms with Crippen molar-refractivity contribution in [3.05, 3.63) is 53.3 Å². The molecule has 0 aliphatic carbocycles. The van der Waals surface area contributed by atoms with E-state index >= 15 is 0 Å².